The zero-order valence-corrected chi connectivity index (χ0v) is 11.8. The molecule has 0 atom stereocenters. The predicted octanol–water partition coefficient (Wildman–Crippen LogP) is 3.88. The summed E-state index contributed by atoms with van der Waals surface area (Å²) in [6.07, 6.45) is 4.44. The molecule has 0 unspecified atom stereocenters. The van der Waals surface area contributed by atoms with Crippen LogP contribution in [-0.2, 0) is 0 Å². The second-order valence-corrected chi connectivity index (χ2v) is 4.58. The minimum atomic E-state index is 0.787. The molecule has 1 aromatic carbocycles. The zero-order chi connectivity index (χ0) is 13.2. The molecule has 0 saturated heterocycles. The van der Waals surface area contributed by atoms with Gasteiger partial charge < -0.3 is 10.1 Å². The Bertz CT molecular complexity index is 354. The molecule has 0 spiro atoms. The third-order valence-corrected chi connectivity index (χ3v) is 2.60. The SMILES string of the molecule is CCCNCC(C)=Cc1ccc(OCCC)cc1. The quantitative estimate of drug-likeness (QED) is 0.704. The maximum Gasteiger partial charge on any atom is 0.119 e. The van der Waals surface area contributed by atoms with Crippen molar-refractivity contribution in [2.24, 2.45) is 0 Å². The number of benzene rings is 1. The topological polar surface area (TPSA) is 21.3 Å². The lowest BCUT2D eigenvalue weighted by Gasteiger charge is -2.06. The van der Waals surface area contributed by atoms with Crippen LogP contribution in [-0.4, -0.2) is 19.7 Å². The zero-order valence-electron chi connectivity index (χ0n) is 11.8. The number of hydrogen-bond acceptors (Lipinski definition) is 2. The molecule has 1 N–H and O–H groups in total. The monoisotopic (exact) mass is 247 g/mol. The summed E-state index contributed by atoms with van der Waals surface area (Å²) in [6, 6.07) is 8.28. The van der Waals surface area contributed by atoms with Gasteiger partial charge in [0, 0.05) is 6.54 Å². The van der Waals surface area contributed by atoms with Crippen LogP contribution >= 0.6 is 0 Å². The molecule has 0 aromatic heterocycles. The number of nitrogens with one attached hydrogen (secondary N) is 1. The molecule has 18 heavy (non-hydrogen) atoms. The van der Waals surface area contributed by atoms with Gasteiger partial charge in [0.25, 0.3) is 0 Å². The van der Waals surface area contributed by atoms with Crippen molar-refractivity contribution < 1.29 is 4.74 Å². The van der Waals surface area contributed by atoms with Crippen LogP contribution in [0.5, 0.6) is 5.75 Å². The number of rotatable bonds is 8. The molecule has 0 aliphatic heterocycles. The predicted molar refractivity (Wildman–Crippen MR) is 79.0 cm³/mol. The van der Waals surface area contributed by atoms with Gasteiger partial charge in [0.1, 0.15) is 5.75 Å². The summed E-state index contributed by atoms with van der Waals surface area (Å²) >= 11 is 0. The van der Waals surface area contributed by atoms with E-state index < -0.39 is 0 Å². The highest BCUT2D eigenvalue weighted by Crippen LogP contribution is 2.14. The van der Waals surface area contributed by atoms with Crippen molar-refractivity contribution in [2.45, 2.75) is 33.6 Å². The van der Waals surface area contributed by atoms with Crippen molar-refractivity contribution in [1.29, 1.82) is 0 Å². The standard InChI is InChI=1S/C16H25NO/c1-4-10-17-13-14(3)12-15-6-8-16(9-7-15)18-11-5-2/h6-9,12,17H,4-5,10-11,13H2,1-3H3. The van der Waals surface area contributed by atoms with E-state index in [2.05, 4.69) is 44.3 Å². The first-order chi connectivity index (χ1) is 8.76. The minimum Gasteiger partial charge on any atom is -0.494 e. The average Bonchev–Trinajstić information content (AvgIpc) is 2.38. The Hall–Kier alpha value is -1.28. The summed E-state index contributed by atoms with van der Waals surface area (Å²) in [5, 5.41) is 3.40. The Kier molecular flexibility index (Phi) is 7.19. The van der Waals surface area contributed by atoms with E-state index in [4.69, 9.17) is 4.74 Å². The van der Waals surface area contributed by atoms with E-state index in [1.165, 1.54) is 17.6 Å². The van der Waals surface area contributed by atoms with Gasteiger partial charge in [-0.2, -0.15) is 0 Å². The van der Waals surface area contributed by atoms with E-state index >= 15 is 0 Å². The van der Waals surface area contributed by atoms with Crippen molar-refractivity contribution in [3.8, 4) is 5.75 Å². The van der Waals surface area contributed by atoms with E-state index in [-0.39, 0.29) is 0 Å². The maximum atomic E-state index is 5.56. The summed E-state index contributed by atoms with van der Waals surface area (Å²) in [6.45, 7) is 9.28. The fourth-order valence-electron chi connectivity index (χ4n) is 1.68. The van der Waals surface area contributed by atoms with Crippen molar-refractivity contribution in [2.75, 3.05) is 19.7 Å². The third kappa shape index (κ3) is 5.87. The fourth-order valence-corrected chi connectivity index (χ4v) is 1.68. The number of ether oxygens (including phenoxy) is 1. The molecule has 0 amide bonds. The Labute approximate surface area is 111 Å². The highest BCUT2D eigenvalue weighted by atomic mass is 16.5. The molecular formula is C16H25NO. The molecule has 0 aliphatic carbocycles. The summed E-state index contributed by atoms with van der Waals surface area (Å²) in [5.41, 5.74) is 2.58. The van der Waals surface area contributed by atoms with E-state index in [1.54, 1.807) is 0 Å². The lowest BCUT2D eigenvalue weighted by Crippen LogP contribution is -2.16. The van der Waals surface area contributed by atoms with Gasteiger partial charge in [0.15, 0.2) is 0 Å². The van der Waals surface area contributed by atoms with Crippen molar-refractivity contribution in [3.05, 3.63) is 35.4 Å². The molecule has 100 valence electrons. The van der Waals surface area contributed by atoms with Gasteiger partial charge in [0.2, 0.25) is 0 Å². The van der Waals surface area contributed by atoms with E-state index in [9.17, 15) is 0 Å². The van der Waals surface area contributed by atoms with E-state index in [0.29, 0.717) is 0 Å². The van der Waals surface area contributed by atoms with Crippen LogP contribution in [0.15, 0.2) is 29.8 Å². The van der Waals surface area contributed by atoms with Gasteiger partial charge in [-0.05, 0) is 44.0 Å². The van der Waals surface area contributed by atoms with Gasteiger partial charge in [0.05, 0.1) is 6.61 Å². The van der Waals surface area contributed by atoms with Gasteiger partial charge in [-0.1, -0.05) is 37.6 Å². The third-order valence-electron chi connectivity index (χ3n) is 2.60. The second kappa shape index (κ2) is 8.76. The molecule has 0 fully saturated rings. The smallest absolute Gasteiger partial charge is 0.119 e. The van der Waals surface area contributed by atoms with Crippen LogP contribution in [0.25, 0.3) is 6.08 Å². The summed E-state index contributed by atoms with van der Waals surface area (Å²) in [4.78, 5) is 0. The normalized spacial score (nSPS) is 11.6. The van der Waals surface area contributed by atoms with Crippen LogP contribution < -0.4 is 10.1 Å². The second-order valence-electron chi connectivity index (χ2n) is 4.58. The molecule has 1 rings (SSSR count). The summed E-state index contributed by atoms with van der Waals surface area (Å²) in [7, 11) is 0. The highest BCUT2D eigenvalue weighted by Gasteiger charge is 1.94. The Balaban J connectivity index is 2.48. The van der Waals surface area contributed by atoms with Crippen LogP contribution in [0, 0.1) is 0 Å². The van der Waals surface area contributed by atoms with Crippen LogP contribution in [0.3, 0.4) is 0 Å². The average molecular weight is 247 g/mol. The van der Waals surface area contributed by atoms with Crippen molar-refractivity contribution in [1.82, 2.24) is 5.32 Å². The van der Waals surface area contributed by atoms with Gasteiger partial charge in [-0.3, -0.25) is 0 Å². The Morgan fingerprint density at radius 1 is 1.17 bits per heavy atom. The van der Waals surface area contributed by atoms with Crippen molar-refractivity contribution in [3.63, 3.8) is 0 Å². The molecule has 0 saturated carbocycles. The molecule has 2 heteroatoms. The highest BCUT2D eigenvalue weighted by molar-refractivity contribution is 5.53. The minimum absolute atomic E-state index is 0.787. The van der Waals surface area contributed by atoms with Crippen LogP contribution in [0.4, 0.5) is 0 Å². The van der Waals surface area contributed by atoms with Gasteiger partial charge >= 0.3 is 0 Å². The number of hydrogen-bond donors (Lipinski definition) is 1. The molecular weight excluding hydrogens is 222 g/mol. The van der Waals surface area contributed by atoms with Crippen LogP contribution in [0.1, 0.15) is 39.2 Å². The summed E-state index contributed by atoms with van der Waals surface area (Å²) < 4.78 is 5.56. The largest absolute Gasteiger partial charge is 0.494 e. The van der Waals surface area contributed by atoms with Gasteiger partial charge in [-0.25, -0.2) is 0 Å². The van der Waals surface area contributed by atoms with Crippen LogP contribution in [0.2, 0.25) is 0 Å². The molecule has 1 aromatic rings. The molecule has 0 radical (unpaired) electrons. The fraction of sp³-hybridized carbons (Fsp3) is 0.500. The van der Waals surface area contributed by atoms with E-state index in [0.717, 1.165) is 31.9 Å². The first-order valence-electron chi connectivity index (χ1n) is 6.87. The van der Waals surface area contributed by atoms with Gasteiger partial charge in [-0.15, -0.1) is 0 Å². The summed E-state index contributed by atoms with van der Waals surface area (Å²) in [5.74, 6) is 0.954. The lowest BCUT2D eigenvalue weighted by atomic mass is 10.1. The lowest BCUT2D eigenvalue weighted by molar-refractivity contribution is 0.317. The molecule has 2 nitrogen and oxygen atoms in total. The first-order valence-corrected chi connectivity index (χ1v) is 6.87. The molecule has 0 bridgehead atoms. The molecule has 0 heterocycles. The molecule has 0 aliphatic rings. The Morgan fingerprint density at radius 3 is 2.50 bits per heavy atom. The van der Waals surface area contributed by atoms with E-state index in [1.807, 2.05) is 12.1 Å². The maximum absolute atomic E-state index is 5.56. The Morgan fingerprint density at radius 2 is 1.89 bits per heavy atom. The van der Waals surface area contributed by atoms with Crippen molar-refractivity contribution >= 4 is 6.08 Å². The first kappa shape index (κ1) is 14.8.